The van der Waals surface area contributed by atoms with E-state index < -0.39 is 5.54 Å². The Morgan fingerprint density at radius 2 is 2.11 bits per heavy atom. The fourth-order valence-electron chi connectivity index (χ4n) is 3.48. The molecule has 0 heterocycles. The molecule has 0 spiro atoms. The summed E-state index contributed by atoms with van der Waals surface area (Å²) >= 11 is 0. The van der Waals surface area contributed by atoms with Gasteiger partial charge in [-0.15, -0.1) is 0 Å². The maximum Gasteiger partial charge on any atom is 0.237 e. The molecule has 2 unspecified atom stereocenters. The van der Waals surface area contributed by atoms with Crippen molar-refractivity contribution in [1.29, 1.82) is 0 Å². The van der Waals surface area contributed by atoms with E-state index in [1.165, 1.54) is 25.8 Å². The molecule has 0 aromatic heterocycles. The van der Waals surface area contributed by atoms with Crippen LogP contribution in [0.2, 0.25) is 0 Å². The first kappa shape index (κ1) is 14.8. The average Bonchev–Trinajstić information content (AvgIpc) is 3.08. The summed E-state index contributed by atoms with van der Waals surface area (Å²) in [5, 5.41) is 3.35. The molecule has 19 heavy (non-hydrogen) atoms. The van der Waals surface area contributed by atoms with Gasteiger partial charge in [-0.1, -0.05) is 13.8 Å². The summed E-state index contributed by atoms with van der Waals surface area (Å²) in [5.41, 5.74) is 5.20. The first-order chi connectivity index (χ1) is 9.11. The van der Waals surface area contributed by atoms with Gasteiger partial charge in [-0.05, 0) is 57.5 Å². The normalized spacial score (nSPS) is 31.0. The number of carbonyl (C=O) groups is 1. The van der Waals surface area contributed by atoms with E-state index in [0.29, 0.717) is 6.04 Å². The lowest BCUT2D eigenvalue weighted by atomic mass is 9.96. The molecule has 0 aliphatic heterocycles. The van der Waals surface area contributed by atoms with Gasteiger partial charge in [-0.3, -0.25) is 4.79 Å². The molecule has 3 N–H and O–H groups in total. The van der Waals surface area contributed by atoms with Gasteiger partial charge < -0.3 is 16.0 Å². The Balaban J connectivity index is 1.98. The smallest absolute Gasteiger partial charge is 0.237 e. The topological polar surface area (TPSA) is 58.4 Å². The number of amides is 1. The Morgan fingerprint density at radius 1 is 1.37 bits per heavy atom. The highest BCUT2D eigenvalue weighted by Gasteiger charge is 2.45. The second-order valence-corrected chi connectivity index (χ2v) is 6.31. The number of hydrogen-bond acceptors (Lipinski definition) is 3. The second kappa shape index (κ2) is 6.23. The Kier molecular flexibility index (Phi) is 4.85. The molecule has 0 bridgehead atoms. The van der Waals surface area contributed by atoms with Crippen molar-refractivity contribution >= 4 is 5.91 Å². The molecular formula is C15H29N3O. The zero-order valence-electron chi connectivity index (χ0n) is 12.5. The van der Waals surface area contributed by atoms with Crippen LogP contribution in [-0.2, 0) is 4.79 Å². The SMILES string of the molecule is CCCN(CC1CC1)C1CCC(NCC)(C(N)=O)C1. The first-order valence-corrected chi connectivity index (χ1v) is 7.90. The zero-order valence-corrected chi connectivity index (χ0v) is 12.5. The molecule has 1 amide bonds. The van der Waals surface area contributed by atoms with Gasteiger partial charge in [0.05, 0.1) is 5.54 Å². The van der Waals surface area contributed by atoms with E-state index in [0.717, 1.165) is 38.3 Å². The number of nitrogens with zero attached hydrogens (tertiary/aromatic N) is 1. The lowest BCUT2D eigenvalue weighted by molar-refractivity contribution is -0.124. The third kappa shape index (κ3) is 3.48. The van der Waals surface area contributed by atoms with E-state index in [4.69, 9.17) is 5.73 Å². The lowest BCUT2D eigenvalue weighted by Crippen LogP contribution is -2.54. The van der Waals surface area contributed by atoms with E-state index in [1.807, 2.05) is 6.92 Å². The van der Waals surface area contributed by atoms with Crippen molar-refractivity contribution in [1.82, 2.24) is 10.2 Å². The third-order valence-electron chi connectivity index (χ3n) is 4.69. The summed E-state index contributed by atoms with van der Waals surface area (Å²) in [6, 6.07) is 0.534. The van der Waals surface area contributed by atoms with Crippen molar-refractivity contribution in [3.05, 3.63) is 0 Å². The van der Waals surface area contributed by atoms with Gasteiger partial charge in [-0.2, -0.15) is 0 Å². The van der Waals surface area contributed by atoms with Crippen molar-refractivity contribution in [2.24, 2.45) is 11.7 Å². The van der Waals surface area contributed by atoms with Gasteiger partial charge >= 0.3 is 0 Å². The summed E-state index contributed by atoms with van der Waals surface area (Å²) in [6.07, 6.45) is 6.85. The number of hydrogen-bond donors (Lipinski definition) is 2. The predicted octanol–water partition coefficient (Wildman–Crippen LogP) is 1.49. The average molecular weight is 267 g/mol. The molecule has 0 saturated heterocycles. The van der Waals surface area contributed by atoms with Gasteiger partial charge in [0.1, 0.15) is 0 Å². The van der Waals surface area contributed by atoms with Crippen LogP contribution in [0.4, 0.5) is 0 Å². The summed E-state index contributed by atoms with van der Waals surface area (Å²) in [4.78, 5) is 14.4. The van der Waals surface area contributed by atoms with Crippen molar-refractivity contribution < 1.29 is 4.79 Å². The van der Waals surface area contributed by atoms with Crippen LogP contribution in [0.15, 0.2) is 0 Å². The molecule has 2 fully saturated rings. The monoisotopic (exact) mass is 267 g/mol. The van der Waals surface area contributed by atoms with Crippen LogP contribution in [-0.4, -0.2) is 42.0 Å². The van der Waals surface area contributed by atoms with Gasteiger partial charge in [0.25, 0.3) is 0 Å². The van der Waals surface area contributed by atoms with Gasteiger partial charge in [0, 0.05) is 12.6 Å². The van der Waals surface area contributed by atoms with Crippen LogP contribution >= 0.6 is 0 Å². The highest BCUT2D eigenvalue weighted by atomic mass is 16.1. The molecule has 2 saturated carbocycles. The first-order valence-electron chi connectivity index (χ1n) is 7.90. The van der Waals surface area contributed by atoms with Crippen molar-refractivity contribution in [2.45, 2.75) is 64.0 Å². The van der Waals surface area contributed by atoms with Crippen molar-refractivity contribution in [2.75, 3.05) is 19.6 Å². The van der Waals surface area contributed by atoms with Crippen LogP contribution < -0.4 is 11.1 Å². The summed E-state index contributed by atoms with van der Waals surface area (Å²) < 4.78 is 0. The van der Waals surface area contributed by atoms with Crippen molar-refractivity contribution in [3.8, 4) is 0 Å². The number of carbonyl (C=O) groups excluding carboxylic acids is 1. The van der Waals surface area contributed by atoms with Crippen LogP contribution in [0.5, 0.6) is 0 Å². The summed E-state index contributed by atoms with van der Waals surface area (Å²) in [7, 11) is 0. The van der Waals surface area contributed by atoms with E-state index >= 15 is 0 Å². The molecule has 2 aliphatic rings. The fraction of sp³-hybridized carbons (Fsp3) is 0.933. The van der Waals surface area contributed by atoms with Crippen LogP contribution in [0, 0.1) is 5.92 Å². The Bertz CT molecular complexity index is 317. The quantitative estimate of drug-likeness (QED) is 0.700. The minimum absolute atomic E-state index is 0.167. The largest absolute Gasteiger partial charge is 0.368 e. The Hall–Kier alpha value is -0.610. The maximum absolute atomic E-state index is 11.8. The maximum atomic E-state index is 11.8. The molecule has 2 aliphatic carbocycles. The number of rotatable bonds is 8. The van der Waals surface area contributed by atoms with E-state index in [-0.39, 0.29) is 5.91 Å². The van der Waals surface area contributed by atoms with Crippen LogP contribution in [0.3, 0.4) is 0 Å². The highest BCUT2D eigenvalue weighted by Crippen LogP contribution is 2.36. The minimum Gasteiger partial charge on any atom is -0.368 e. The molecule has 0 aromatic carbocycles. The summed E-state index contributed by atoms with van der Waals surface area (Å²) in [6.45, 7) is 7.47. The van der Waals surface area contributed by atoms with Crippen LogP contribution in [0.25, 0.3) is 0 Å². The molecule has 0 aromatic rings. The number of nitrogens with two attached hydrogens (primary N) is 1. The zero-order chi connectivity index (χ0) is 13.9. The van der Waals surface area contributed by atoms with Gasteiger partial charge in [0.15, 0.2) is 0 Å². The van der Waals surface area contributed by atoms with Crippen molar-refractivity contribution in [3.63, 3.8) is 0 Å². The van der Waals surface area contributed by atoms with Crippen LogP contribution in [0.1, 0.15) is 52.4 Å². The molecule has 2 atom stereocenters. The predicted molar refractivity (Wildman–Crippen MR) is 77.8 cm³/mol. The molecule has 4 nitrogen and oxygen atoms in total. The molecule has 0 radical (unpaired) electrons. The van der Waals surface area contributed by atoms with E-state index in [9.17, 15) is 4.79 Å². The second-order valence-electron chi connectivity index (χ2n) is 6.31. The standard InChI is InChI=1S/C15H29N3O/c1-3-9-18(11-12-5-6-12)13-7-8-15(10-13,14(16)19)17-4-2/h12-13,17H,3-11H2,1-2H3,(H2,16,19). The van der Waals surface area contributed by atoms with Gasteiger partial charge in [0.2, 0.25) is 5.91 Å². The van der Waals surface area contributed by atoms with Gasteiger partial charge in [-0.25, -0.2) is 0 Å². The number of primary amides is 1. The summed E-state index contributed by atoms with van der Waals surface area (Å²) in [5.74, 6) is 0.744. The number of nitrogens with one attached hydrogen (secondary N) is 1. The Morgan fingerprint density at radius 3 is 2.63 bits per heavy atom. The molecule has 110 valence electrons. The molecule has 4 heteroatoms. The minimum atomic E-state index is -0.449. The van der Waals surface area contributed by atoms with E-state index in [2.05, 4.69) is 17.1 Å². The molecule has 2 rings (SSSR count). The number of likely N-dealkylation sites (N-methyl/N-ethyl adjacent to an activating group) is 1. The lowest BCUT2D eigenvalue weighted by Gasteiger charge is -2.31. The highest BCUT2D eigenvalue weighted by molar-refractivity contribution is 5.85. The molecular weight excluding hydrogens is 238 g/mol. The fourth-order valence-corrected chi connectivity index (χ4v) is 3.48. The van der Waals surface area contributed by atoms with E-state index in [1.54, 1.807) is 0 Å². The Labute approximate surface area is 117 Å². The third-order valence-corrected chi connectivity index (χ3v) is 4.69.